The van der Waals surface area contributed by atoms with E-state index in [0.29, 0.717) is 13.2 Å². The second-order valence-electron chi connectivity index (χ2n) is 4.32. The molecular formula is C13H17BrN2O2. The maximum Gasteiger partial charge on any atom is 0.241 e. The first-order valence-corrected chi connectivity index (χ1v) is 6.84. The zero-order chi connectivity index (χ0) is 13.0. The van der Waals surface area contributed by atoms with E-state index in [1.165, 1.54) is 0 Å². The fraction of sp³-hybridized carbons (Fsp3) is 0.462. The number of hydrogen-bond donors (Lipinski definition) is 1. The Bertz CT molecular complexity index is 402. The number of nitrogens with zero attached hydrogens (tertiary/aromatic N) is 1. The Morgan fingerprint density at radius 2 is 1.94 bits per heavy atom. The summed E-state index contributed by atoms with van der Waals surface area (Å²) in [5.41, 5.74) is 0.823. The van der Waals surface area contributed by atoms with Gasteiger partial charge in [0.2, 0.25) is 5.91 Å². The van der Waals surface area contributed by atoms with E-state index < -0.39 is 0 Å². The van der Waals surface area contributed by atoms with Crippen LogP contribution in [0.5, 0.6) is 0 Å². The maximum absolute atomic E-state index is 12.1. The Balaban J connectivity index is 1.92. The third kappa shape index (κ3) is 3.54. The molecular weight excluding hydrogens is 296 g/mol. The summed E-state index contributed by atoms with van der Waals surface area (Å²) < 4.78 is 6.28. The van der Waals surface area contributed by atoms with Crippen LogP contribution in [0, 0.1) is 0 Å². The summed E-state index contributed by atoms with van der Waals surface area (Å²) in [7, 11) is 0. The molecule has 0 bridgehead atoms. The number of ether oxygens (including phenoxy) is 1. The second-order valence-corrected chi connectivity index (χ2v) is 5.24. The van der Waals surface area contributed by atoms with Crippen molar-refractivity contribution >= 4 is 27.5 Å². The van der Waals surface area contributed by atoms with Crippen LogP contribution in [-0.4, -0.2) is 43.2 Å². The van der Waals surface area contributed by atoms with E-state index in [1.54, 1.807) is 0 Å². The van der Waals surface area contributed by atoms with Crippen LogP contribution in [0.25, 0.3) is 0 Å². The van der Waals surface area contributed by atoms with Gasteiger partial charge in [-0.15, -0.1) is 0 Å². The highest BCUT2D eigenvalue weighted by atomic mass is 79.9. The molecule has 4 nitrogen and oxygen atoms in total. The van der Waals surface area contributed by atoms with Gasteiger partial charge in [0, 0.05) is 23.2 Å². The van der Waals surface area contributed by atoms with Crippen molar-refractivity contribution < 1.29 is 9.53 Å². The van der Waals surface area contributed by atoms with Crippen LogP contribution in [0.4, 0.5) is 5.69 Å². The van der Waals surface area contributed by atoms with Gasteiger partial charge in [-0.2, -0.15) is 0 Å². The van der Waals surface area contributed by atoms with E-state index in [2.05, 4.69) is 26.1 Å². The van der Waals surface area contributed by atoms with Crippen molar-refractivity contribution in [1.82, 2.24) is 4.90 Å². The van der Waals surface area contributed by atoms with E-state index in [1.807, 2.05) is 31.2 Å². The number of rotatable bonds is 3. The molecule has 0 radical (unpaired) electrons. The lowest BCUT2D eigenvalue weighted by Gasteiger charge is -2.31. The molecule has 1 fully saturated rings. The third-order valence-corrected chi connectivity index (χ3v) is 3.61. The van der Waals surface area contributed by atoms with Crippen LogP contribution in [0.15, 0.2) is 28.7 Å². The zero-order valence-corrected chi connectivity index (χ0v) is 11.9. The van der Waals surface area contributed by atoms with Crippen LogP contribution in [-0.2, 0) is 9.53 Å². The molecule has 5 heteroatoms. The first-order valence-electron chi connectivity index (χ1n) is 6.05. The lowest BCUT2D eigenvalue weighted by atomic mass is 10.2. The number of carbonyl (C=O) groups excluding carboxylic acids is 1. The molecule has 1 aliphatic rings. The SMILES string of the molecule is CC(C(=O)Nc1ccc(Br)cc1)N1CCOCC1. The summed E-state index contributed by atoms with van der Waals surface area (Å²) in [5.74, 6) is 0.0271. The fourth-order valence-electron chi connectivity index (χ4n) is 1.91. The van der Waals surface area contributed by atoms with E-state index >= 15 is 0 Å². The van der Waals surface area contributed by atoms with Gasteiger partial charge in [-0.05, 0) is 31.2 Å². The zero-order valence-electron chi connectivity index (χ0n) is 10.4. The summed E-state index contributed by atoms with van der Waals surface area (Å²) in [4.78, 5) is 14.2. The normalized spacial score (nSPS) is 18.3. The van der Waals surface area contributed by atoms with Crippen molar-refractivity contribution in [3.63, 3.8) is 0 Å². The molecule has 1 saturated heterocycles. The Hall–Kier alpha value is -0.910. The fourth-order valence-corrected chi connectivity index (χ4v) is 2.17. The minimum atomic E-state index is -0.127. The predicted molar refractivity (Wildman–Crippen MR) is 74.6 cm³/mol. The molecule has 1 aliphatic heterocycles. The lowest BCUT2D eigenvalue weighted by molar-refractivity contribution is -0.122. The van der Waals surface area contributed by atoms with E-state index in [-0.39, 0.29) is 11.9 Å². The van der Waals surface area contributed by atoms with Gasteiger partial charge < -0.3 is 10.1 Å². The highest BCUT2D eigenvalue weighted by Gasteiger charge is 2.22. The number of morpholine rings is 1. The number of nitrogens with one attached hydrogen (secondary N) is 1. The molecule has 0 aliphatic carbocycles. The first kappa shape index (κ1) is 13.5. The van der Waals surface area contributed by atoms with Gasteiger partial charge in [-0.25, -0.2) is 0 Å². The van der Waals surface area contributed by atoms with Crippen LogP contribution in [0.2, 0.25) is 0 Å². The third-order valence-electron chi connectivity index (χ3n) is 3.08. The molecule has 1 aromatic carbocycles. The largest absolute Gasteiger partial charge is 0.379 e. The summed E-state index contributed by atoms with van der Waals surface area (Å²) in [6.07, 6.45) is 0. The standard InChI is InChI=1S/C13H17BrN2O2/c1-10(16-6-8-18-9-7-16)13(17)15-12-4-2-11(14)3-5-12/h2-5,10H,6-9H2,1H3,(H,15,17). The molecule has 1 aromatic rings. The number of benzene rings is 1. The van der Waals surface area contributed by atoms with Crippen LogP contribution < -0.4 is 5.32 Å². The molecule has 98 valence electrons. The molecule has 1 atom stereocenters. The molecule has 18 heavy (non-hydrogen) atoms. The van der Waals surface area contributed by atoms with Crippen molar-refractivity contribution in [2.75, 3.05) is 31.6 Å². The Morgan fingerprint density at radius 1 is 1.33 bits per heavy atom. The molecule has 1 N–H and O–H groups in total. The van der Waals surface area contributed by atoms with Gasteiger partial charge in [-0.3, -0.25) is 9.69 Å². The van der Waals surface area contributed by atoms with Gasteiger partial charge in [0.1, 0.15) is 0 Å². The smallest absolute Gasteiger partial charge is 0.241 e. The number of halogens is 1. The van der Waals surface area contributed by atoms with Crippen molar-refractivity contribution in [3.8, 4) is 0 Å². The summed E-state index contributed by atoms with van der Waals surface area (Å²) >= 11 is 3.37. The van der Waals surface area contributed by atoms with Gasteiger partial charge >= 0.3 is 0 Å². The monoisotopic (exact) mass is 312 g/mol. The highest BCUT2D eigenvalue weighted by Crippen LogP contribution is 2.15. The molecule has 2 rings (SSSR count). The summed E-state index contributed by atoms with van der Waals surface area (Å²) in [5, 5.41) is 2.92. The highest BCUT2D eigenvalue weighted by molar-refractivity contribution is 9.10. The van der Waals surface area contributed by atoms with Gasteiger partial charge in [-0.1, -0.05) is 15.9 Å². The van der Waals surface area contributed by atoms with Gasteiger partial charge in [0.05, 0.1) is 19.3 Å². The minimum absolute atomic E-state index is 0.0271. The van der Waals surface area contributed by atoms with Crippen molar-refractivity contribution in [2.24, 2.45) is 0 Å². The number of amides is 1. The molecule has 0 spiro atoms. The number of carbonyl (C=O) groups is 1. The van der Waals surface area contributed by atoms with Gasteiger partial charge in [0.15, 0.2) is 0 Å². The maximum atomic E-state index is 12.1. The molecule has 1 heterocycles. The molecule has 0 saturated carbocycles. The van der Waals surface area contributed by atoms with Crippen molar-refractivity contribution in [2.45, 2.75) is 13.0 Å². The van der Waals surface area contributed by atoms with Crippen molar-refractivity contribution in [3.05, 3.63) is 28.7 Å². The molecule has 0 aromatic heterocycles. The summed E-state index contributed by atoms with van der Waals surface area (Å²) in [6, 6.07) is 7.46. The number of hydrogen-bond acceptors (Lipinski definition) is 3. The Morgan fingerprint density at radius 3 is 2.56 bits per heavy atom. The predicted octanol–water partition coefficient (Wildman–Crippen LogP) is 2.11. The Labute approximate surface area is 115 Å². The first-order chi connectivity index (χ1) is 8.66. The van der Waals surface area contributed by atoms with Crippen LogP contribution >= 0.6 is 15.9 Å². The Kier molecular flexibility index (Phi) is 4.74. The molecule has 1 amide bonds. The lowest BCUT2D eigenvalue weighted by Crippen LogP contribution is -2.47. The molecule has 1 unspecified atom stereocenters. The second kappa shape index (κ2) is 6.31. The minimum Gasteiger partial charge on any atom is -0.379 e. The van der Waals surface area contributed by atoms with Crippen LogP contribution in [0.3, 0.4) is 0 Å². The van der Waals surface area contributed by atoms with E-state index in [9.17, 15) is 4.79 Å². The van der Waals surface area contributed by atoms with Gasteiger partial charge in [0.25, 0.3) is 0 Å². The van der Waals surface area contributed by atoms with E-state index in [4.69, 9.17) is 4.74 Å². The number of anilines is 1. The van der Waals surface area contributed by atoms with Crippen LogP contribution in [0.1, 0.15) is 6.92 Å². The quantitative estimate of drug-likeness (QED) is 0.929. The van der Waals surface area contributed by atoms with Crippen molar-refractivity contribution in [1.29, 1.82) is 0 Å². The summed E-state index contributed by atoms with van der Waals surface area (Å²) in [6.45, 7) is 4.97. The van der Waals surface area contributed by atoms with E-state index in [0.717, 1.165) is 23.2 Å². The average Bonchev–Trinajstić information content (AvgIpc) is 2.41. The topological polar surface area (TPSA) is 41.6 Å². The average molecular weight is 313 g/mol.